The highest BCUT2D eigenvalue weighted by atomic mass is 79.9. The minimum absolute atomic E-state index is 0.0598. The Morgan fingerprint density at radius 3 is 2.52 bits per heavy atom. The molecular formula is C18H18BrClN4O. The van der Waals surface area contributed by atoms with Crippen molar-refractivity contribution in [2.75, 3.05) is 0 Å². The van der Waals surface area contributed by atoms with Crippen LogP contribution in [0.25, 0.3) is 0 Å². The van der Waals surface area contributed by atoms with Crippen molar-refractivity contribution in [3.63, 3.8) is 0 Å². The van der Waals surface area contributed by atoms with Crippen LogP contribution in [0.2, 0.25) is 5.02 Å². The summed E-state index contributed by atoms with van der Waals surface area (Å²) < 4.78 is 1.00. The summed E-state index contributed by atoms with van der Waals surface area (Å²) in [5.74, 6) is -0.166. The number of hydrazine groups is 1. The molecule has 5 nitrogen and oxygen atoms in total. The van der Waals surface area contributed by atoms with Gasteiger partial charge < -0.3 is 0 Å². The molecule has 3 rings (SSSR count). The van der Waals surface area contributed by atoms with Crippen LogP contribution in [0, 0.1) is 0 Å². The van der Waals surface area contributed by atoms with Crippen LogP contribution < -0.4 is 16.3 Å². The summed E-state index contributed by atoms with van der Waals surface area (Å²) in [5.41, 5.74) is 11.6. The van der Waals surface area contributed by atoms with Gasteiger partial charge in [-0.15, -0.1) is 0 Å². The van der Waals surface area contributed by atoms with Gasteiger partial charge in [0, 0.05) is 15.5 Å². The highest BCUT2D eigenvalue weighted by molar-refractivity contribution is 9.10. The van der Waals surface area contributed by atoms with E-state index in [9.17, 15) is 4.79 Å². The van der Waals surface area contributed by atoms with Crippen molar-refractivity contribution < 1.29 is 4.79 Å². The molecule has 1 heterocycles. The van der Waals surface area contributed by atoms with Gasteiger partial charge in [-0.3, -0.25) is 4.79 Å². The van der Waals surface area contributed by atoms with Gasteiger partial charge in [0.1, 0.15) is 6.04 Å². The van der Waals surface area contributed by atoms with Gasteiger partial charge >= 0.3 is 0 Å². The minimum atomic E-state index is -0.345. The first-order valence-electron chi connectivity index (χ1n) is 7.89. The van der Waals surface area contributed by atoms with Crippen LogP contribution in [-0.2, 0) is 4.79 Å². The van der Waals surface area contributed by atoms with Crippen molar-refractivity contribution in [2.24, 2.45) is 5.10 Å². The first kappa shape index (κ1) is 18.1. The molecule has 0 spiro atoms. The van der Waals surface area contributed by atoms with Crippen molar-refractivity contribution in [1.29, 1.82) is 0 Å². The first-order chi connectivity index (χ1) is 12.0. The summed E-state index contributed by atoms with van der Waals surface area (Å²) >= 11 is 9.31. The Morgan fingerprint density at radius 1 is 1.16 bits per heavy atom. The predicted molar refractivity (Wildman–Crippen MR) is 103 cm³/mol. The summed E-state index contributed by atoms with van der Waals surface area (Å²) in [4.78, 5) is 12.3. The number of rotatable bonds is 4. The molecule has 1 fully saturated rings. The molecule has 130 valence electrons. The van der Waals surface area contributed by atoms with E-state index in [1.165, 1.54) is 0 Å². The van der Waals surface area contributed by atoms with Gasteiger partial charge in [0.15, 0.2) is 0 Å². The van der Waals surface area contributed by atoms with E-state index in [2.05, 4.69) is 37.3 Å². The maximum absolute atomic E-state index is 12.3. The molecule has 1 amide bonds. The smallest absolute Gasteiger partial charge is 0.258 e. The first-order valence-corrected chi connectivity index (χ1v) is 9.06. The molecule has 7 heteroatoms. The maximum atomic E-state index is 12.3. The van der Waals surface area contributed by atoms with E-state index in [4.69, 9.17) is 11.6 Å². The second kappa shape index (κ2) is 8.10. The van der Waals surface area contributed by atoms with E-state index in [1.54, 1.807) is 0 Å². The lowest BCUT2D eigenvalue weighted by molar-refractivity contribution is -0.122. The Labute approximate surface area is 159 Å². The SMILES string of the molecule is C/C(=N\NC(=O)C1CC(c2ccc(Cl)cc2)NN1)c1ccc(Br)cc1. The maximum Gasteiger partial charge on any atom is 0.258 e. The third-order valence-corrected chi connectivity index (χ3v) is 4.87. The van der Waals surface area contributed by atoms with Crippen LogP contribution in [0.1, 0.15) is 30.5 Å². The van der Waals surface area contributed by atoms with E-state index in [-0.39, 0.29) is 18.0 Å². The number of carbonyl (C=O) groups excluding carboxylic acids is 1. The zero-order valence-electron chi connectivity index (χ0n) is 13.6. The number of hydrazone groups is 1. The third kappa shape index (κ3) is 4.67. The quantitative estimate of drug-likeness (QED) is 0.522. The number of benzene rings is 2. The molecule has 2 atom stereocenters. The van der Waals surface area contributed by atoms with Crippen molar-refractivity contribution >= 4 is 39.1 Å². The van der Waals surface area contributed by atoms with Crippen molar-refractivity contribution in [2.45, 2.75) is 25.4 Å². The number of nitrogens with one attached hydrogen (secondary N) is 3. The van der Waals surface area contributed by atoms with E-state index >= 15 is 0 Å². The Morgan fingerprint density at radius 2 is 1.84 bits per heavy atom. The molecule has 0 radical (unpaired) electrons. The van der Waals surface area contributed by atoms with Crippen LogP contribution in [0.3, 0.4) is 0 Å². The Kier molecular flexibility index (Phi) is 5.86. The largest absolute Gasteiger partial charge is 0.271 e. The van der Waals surface area contributed by atoms with E-state index in [0.717, 1.165) is 21.3 Å². The molecule has 1 aliphatic rings. The highest BCUT2D eigenvalue weighted by Crippen LogP contribution is 2.23. The average molecular weight is 422 g/mol. The number of hydrogen-bond acceptors (Lipinski definition) is 4. The lowest BCUT2D eigenvalue weighted by Gasteiger charge is -2.09. The normalized spacial score (nSPS) is 20.5. The van der Waals surface area contributed by atoms with Crippen molar-refractivity contribution in [3.05, 3.63) is 69.2 Å². The van der Waals surface area contributed by atoms with E-state index < -0.39 is 0 Å². The van der Waals surface area contributed by atoms with Gasteiger partial charge in [-0.2, -0.15) is 5.10 Å². The molecule has 0 aliphatic carbocycles. The third-order valence-electron chi connectivity index (χ3n) is 4.09. The zero-order chi connectivity index (χ0) is 17.8. The summed E-state index contributed by atoms with van der Waals surface area (Å²) in [6, 6.07) is 15.1. The van der Waals surface area contributed by atoms with Gasteiger partial charge in [-0.05, 0) is 48.7 Å². The molecule has 0 aromatic heterocycles. The molecule has 0 bridgehead atoms. The topological polar surface area (TPSA) is 65.5 Å². The van der Waals surface area contributed by atoms with Crippen molar-refractivity contribution in [1.82, 2.24) is 16.3 Å². The predicted octanol–water partition coefficient (Wildman–Crippen LogP) is 3.55. The Bertz CT molecular complexity index is 777. The van der Waals surface area contributed by atoms with Gasteiger partial charge in [0.2, 0.25) is 0 Å². The zero-order valence-corrected chi connectivity index (χ0v) is 15.9. The summed E-state index contributed by atoms with van der Waals surface area (Å²) in [5, 5.41) is 4.89. The Balaban J connectivity index is 1.57. The van der Waals surface area contributed by atoms with Crippen LogP contribution in [-0.4, -0.2) is 17.7 Å². The van der Waals surface area contributed by atoms with Gasteiger partial charge in [0.25, 0.3) is 5.91 Å². The molecule has 2 unspecified atom stereocenters. The van der Waals surface area contributed by atoms with Gasteiger partial charge in [0.05, 0.1) is 5.71 Å². The molecule has 1 saturated heterocycles. The number of carbonyl (C=O) groups is 1. The van der Waals surface area contributed by atoms with E-state index in [0.29, 0.717) is 11.4 Å². The lowest BCUT2D eigenvalue weighted by Crippen LogP contribution is -2.41. The van der Waals surface area contributed by atoms with Crippen LogP contribution >= 0.6 is 27.5 Å². The lowest BCUT2D eigenvalue weighted by atomic mass is 10.0. The van der Waals surface area contributed by atoms with E-state index in [1.807, 2.05) is 55.5 Å². The second-order valence-electron chi connectivity index (χ2n) is 5.86. The molecule has 2 aromatic rings. The molecular weight excluding hydrogens is 404 g/mol. The fourth-order valence-corrected chi connectivity index (χ4v) is 3.00. The minimum Gasteiger partial charge on any atom is -0.271 e. The van der Waals surface area contributed by atoms with Crippen LogP contribution in [0.4, 0.5) is 0 Å². The van der Waals surface area contributed by atoms with Gasteiger partial charge in [-0.1, -0.05) is 51.8 Å². The second-order valence-corrected chi connectivity index (χ2v) is 7.21. The fraction of sp³-hybridized carbons (Fsp3) is 0.222. The Hall–Kier alpha value is -1.73. The summed E-state index contributed by atoms with van der Waals surface area (Å²) in [7, 11) is 0. The molecule has 3 N–H and O–H groups in total. The number of halogens is 2. The van der Waals surface area contributed by atoms with Crippen LogP contribution in [0.5, 0.6) is 0 Å². The molecule has 1 aliphatic heterocycles. The molecule has 2 aromatic carbocycles. The number of nitrogens with zero attached hydrogens (tertiary/aromatic N) is 1. The highest BCUT2D eigenvalue weighted by Gasteiger charge is 2.30. The summed E-state index contributed by atoms with van der Waals surface area (Å²) in [6.07, 6.45) is 0.639. The number of amides is 1. The average Bonchev–Trinajstić information content (AvgIpc) is 3.11. The van der Waals surface area contributed by atoms with Gasteiger partial charge in [-0.25, -0.2) is 16.3 Å². The summed E-state index contributed by atoms with van der Waals surface area (Å²) in [6.45, 7) is 1.86. The number of hydrogen-bond donors (Lipinski definition) is 3. The van der Waals surface area contributed by atoms with Crippen LogP contribution in [0.15, 0.2) is 58.1 Å². The monoisotopic (exact) mass is 420 g/mol. The van der Waals surface area contributed by atoms with Crippen molar-refractivity contribution in [3.8, 4) is 0 Å². The molecule has 0 saturated carbocycles. The fourth-order valence-electron chi connectivity index (χ4n) is 2.61. The molecule has 25 heavy (non-hydrogen) atoms. The standard InChI is InChI=1S/C18H18BrClN4O/c1-11(12-2-6-14(19)7-3-12)21-24-18(25)17-10-16(22-23-17)13-4-8-15(20)9-5-13/h2-9,16-17,22-23H,10H2,1H3,(H,24,25)/b21-11+.